The second-order valence-corrected chi connectivity index (χ2v) is 17.3. The highest BCUT2D eigenvalue weighted by Gasteiger charge is 2.24. The average molecular weight is 814 g/mol. The van der Waals surface area contributed by atoms with Gasteiger partial charge in [0.15, 0.2) is 0 Å². The standard InChI is InChI=1S/C61H39N3/c1-3-15-44(16-4-1)62-55-23-11-9-20-48(55)51-34-39(26-30-58(51)62)41-28-32-60-53(36-41)54-37-42(29-33-61(54)64(60)57-25-13-22-47-46-19-8-7-14-43(46)38-50(47)57)40-27-31-59-52(35-40)49-21-10-12-24-56(49)63(59)45-17-5-2-6-18-45/h1-37H,38H2. The Morgan fingerprint density at radius 1 is 0.266 bits per heavy atom. The molecular formula is C61H39N3. The molecule has 3 heterocycles. The smallest absolute Gasteiger partial charge is 0.0541 e. The summed E-state index contributed by atoms with van der Waals surface area (Å²) in [7, 11) is 0. The van der Waals surface area contributed by atoms with Crippen LogP contribution in [-0.4, -0.2) is 13.7 Å². The lowest BCUT2D eigenvalue weighted by atomic mass is 9.98. The molecule has 0 unspecified atom stereocenters. The fourth-order valence-corrected chi connectivity index (χ4v) is 11.0. The summed E-state index contributed by atoms with van der Waals surface area (Å²) in [6, 6.07) is 82.9. The molecule has 0 atom stereocenters. The Kier molecular flexibility index (Phi) is 7.46. The van der Waals surface area contributed by atoms with Gasteiger partial charge in [-0.1, -0.05) is 133 Å². The molecule has 3 nitrogen and oxygen atoms in total. The molecule has 0 saturated carbocycles. The molecule has 13 aromatic rings. The number of hydrogen-bond donors (Lipinski definition) is 0. The van der Waals surface area contributed by atoms with Crippen LogP contribution in [-0.2, 0) is 6.42 Å². The molecule has 0 spiro atoms. The Hall–Kier alpha value is -8.40. The van der Waals surface area contributed by atoms with Crippen LogP contribution in [0.25, 0.3) is 116 Å². The van der Waals surface area contributed by atoms with Crippen molar-refractivity contribution in [3.05, 3.63) is 236 Å². The van der Waals surface area contributed by atoms with Crippen LogP contribution in [0.3, 0.4) is 0 Å². The lowest BCUT2D eigenvalue weighted by Gasteiger charge is -2.14. The van der Waals surface area contributed by atoms with Crippen LogP contribution in [0, 0.1) is 0 Å². The van der Waals surface area contributed by atoms with Crippen LogP contribution in [0.5, 0.6) is 0 Å². The van der Waals surface area contributed by atoms with Gasteiger partial charge in [-0.05, 0) is 136 Å². The highest BCUT2D eigenvalue weighted by atomic mass is 15.0. The minimum absolute atomic E-state index is 0.923. The predicted octanol–water partition coefficient (Wildman–Crippen LogP) is 15.9. The number of nitrogens with zero attached hydrogens (tertiary/aromatic N) is 3. The molecule has 1 aliphatic carbocycles. The van der Waals surface area contributed by atoms with E-state index in [9.17, 15) is 0 Å². The first-order chi connectivity index (χ1) is 31.7. The molecule has 3 aromatic heterocycles. The van der Waals surface area contributed by atoms with Gasteiger partial charge < -0.3 is 13.7 Å². The number of rotatable bonds is 5. The van der Waals surface area contributed by atoms with Crippen LogP contribution >= 0.6 is 0 Å². The molecule has 0 radical (unpaired) electrons. The highest BCUT2D eigenvalue weighted by molar-refractivity contribution is 6.15. The van der Waals surface area contributed by atoms with Crippen LogP contribution in [0.4, 0.5) is 0 Å². The summed E-state index contributed by atoms with van der Waals surface area (Å²) in [5.74, 6) is 0. The van der Waals surface area contributed by atoms with Gasteiger partial charge in [0.2, 0.25) is 0 Å². The van der Waals surface area contributed by atoms with Crippen molar-refractivity contribution in [1.29, 1.82) is 0 Å². The van der Waals surface area contributed by atoms with Crippen molar-refractivity contribution in [3.63, 3.8) is 0 Å². The van der Waals surface area contributed by atoms with Crippen molar-refractivity contribution in [1.82, 2.24) is 13.7 Å². The Morgan fingerprint density at radius 2 is 0.656 bits per heavy atom. The fourth-order valence-electron chi connectivity index (χ4n) is 11.0. The summed E-state index contributed by atoms with van der Waals surface area (Å²) in [5.41, 5.74) is 21.1. The van der Waals surface area contributed by atoms with Gasteiger partial charge in [0.05, 0.1) is 38.8 Å². The van der Waals surface area contributed by atoms with Gasteiger partial charge in [0, 0.05) is 50.1 Å². The van der Waals surface area contributed by atoms with E-state index in [0.29, 0.717) is 0 Å². The summed E-state index contributed by atoms with van der Waals surface area (Å²) < 4.78 is 7.30. The Labute approximate surface area is 369 Å². The molecule has 64 heavy (non-hydrogen) atoms. The molecule has 3 heteroatoms. The fraction of sp³-hybridized carbons (Fsp3) is 0.0164. The quantitative estimate of drug-likeness (QED) is 0.164. The zero-order valence-electron chi connectivity index (χ0n) is 34.9. The van der Waals surface area contributed by atoms with Crippen LogP contribution in [0.15, 0.2) is 224 Å². The van der Waals surface area contributed by atoms with E-state index < -0.39 is 0 Å². The van der Waals surface area contributed by atoms with Gasteiger partial charge in [-0.2, -0.15) is 0 Å². The van der Waals surface area contributed by atoms with Crippen LogP contribution in [0.1, 0.15) is 11.1 Å². The largest absolute Gasteiger partial charge is 0.309 e. The lowest BCUT2D eigenvalue weighted by Crippen LogP contribution is -1.99. The zero-order valence-corrected chi connectivity index (χ0v) is 34.9. The van der Waals surface area contributed by atoms with Crippen LogP contribution < -0.4 is 0 Å². The summed E-state index contributed by atoms with van der Waals surface area (Å²) >= 11 is 0. The van der Waals surface area contributed by atoms with Gasteiger partial charge in [-0.15, -0.1) is 0 Å². The molecule has 0 bridgehead atoms. The van der Waals surface area contributed by atoms with Gasteiger partial charge >= 0.3 is 0 Å². The van der Waals surface area contributed by atoms with Crippen molar-refractivity contribution in [2.45, 2.75) is 6.42 Å². The zero-order chi connectivity index (χ0) is 41.9. The first-order valence-electron chi connectivity index (χ1n) is 22.2. The third-order valence-corrected chi connectivity index (χ3v) is 13.9. The molecule has 0 saturated heterocycles. The molecule has 14 rings (SSSR count). The van der Waals surface area contributed by atoms with E-state index >= 15 is 0 Å². The maximum absolute atomic E-state index is 2.52. The molecule has 298 valence electrons. The number of benzene rings is 10. The van der Waals surface area contributed by atoms with Crippen LogP contribution in [0.2, 0.25) is 0 Å². The van der Waals surface area contributed by atoms with E-state index in [0.717, 1.165) is 6.42 Å². The van der Waals surface area contributed by atoms with Crippen molar-refractivity contribution in [3.8, 4) is 50.4 Å². The number of fused-ring (bicyclic) bond motifs is 12. The SMILES string of the molecule is c1ccc(-n2c3ccccc3c3cc(-c4ccc5c(c4)c4cc(-c6ccc7c(c6)c6ccccc6n7-c6ccccc6)ccc4n5-c4cccc5c4Cc4ccccc4-5)ccc32)cc1. The normalized spacial score (nSPS) is 12.3. The molecule has 10 aromatic carbocycles. The lowest BCUT2D eigenvalue weighted by molar-refractivity contribution is 1.12. The summed E-state index contributed by atoms with van der Waals surface area (Å²) in [6.07, 6.45) is 0.923. The second-order valence-electron chi connectivity index (χ2n) is 17.3. The van der Waals surface area contributed by atoms with E-state index in [2.05, 4.69) is 238 Å². The molecule has 0 fully saturated rings. The number of hydrogen-bond acceptors (Lipinski definition) is 0. The number of para-hydroxylation sites is 4. The Bertz CT molecular complexity index is 3820. The van der Waals surface area contributed by atoms with E-state index in [1.807, 2.05) is 0 Å². The molecule has 1 aliphatic rings. The maximum atomic E-state index is 2.52. The third-order valence-electron chi connectivity index (χ3n) is 13.9. The topological polar surface area (TPSA) is 14.8 Å². The minimum atomic E-state index is 0.923. The van der Waals surface area contributed by atoms with E-state index in [1.165, 1.54) is 127 Å². The van der Waals surface area contributed by atoms with Gasteiger partial charge in [0.25, 0.3) is 0 Å². The van der Waals surface area contributed by atoms with Crippen molar-refractivity contribution in [2.75, 3.05) is 0 Å². The minimum Gasteiger partial charge on any atom is -0.309 e. The van der Waals surface area contributed by atoms with Crippen molar-refractivity contribution >= 4 is 65.4 Å². The van der Waals surface area contributed by atoms with Crippen molar-refractivity contribution in [2.24, 2.45) is 0 Å². The van der Waals surface area contributed by atoms with E-state index in [-0.39, 0.29) is 0 Å². The molecule has 0 amide bonds. The van der Waals surface area contributed by atoms with E-state index in [1.54, 1.807) is 0 Å². The second kappa shape index (κ2) is 13.5. The van der Waals surface area contributed by atoms with Gasteiger partial charge in [-0.25, -0.2) is 0 Å². The third kappa shape index (κ3) is 5.10. The van der Waals surface area contributed by atoms with Gasteiger partial charge in [-0.3, -0.25) is 0 Å². The van der Waals surface area contributed by atoms with Gasteiger partial charge in [0.1, 0.15) is 0 Å². The monoisotopic (exact) mass is 813 g/mol. The molecular weight excluding hydrogens is 775 g/mol. The maximum Gasteiger partial charge on any atom is 0.0541 e. The summed E-state index contributed by atoms with van der Waals surface area (Å²) in [6.45, 7) is 0. The average Bonchev–Trinajstić information content (AvgIpc) is 4.10. The van der Waals surface area contributed by atoms with Crippen molar-refractivity contribution < 1.29 is 0 Å². The number of aromatic nitrogens is 3. The first kappa shape index (κ1) is 35.2. The summed E-state index contributed by atoms with van der Waals surface area (Å²) in [4.78, 5) is 0. The Morgan fingerprint density at radius 3 is 1.17 bits per heavy atom. The molecule has 0 N–H and O–H groups in total. The highest BCUT2D eigenvalue weighted by Crippen LogP contribution is 2.44. The predicted molar refractivity (Wildman–Crippen MR) is 269 cm³/mol. The first-order valence-corrected chi connectivity index (χ1v) is 22.2. The Balaban J connectivity index is 0.984. The van der Waals surface area contributed by atoms with E-state index in [4.69, 9.17) is 0 Å². The summed E-state index contributed by atoms with van der Waals surface area (Å²) in [5, 5.41) is 7.52. The molecule has 0 aliphatic heterocycles.